The van der Waals surface area contributed by atoms with Crippen molar-refractivity contribution >= 4 is 21.4 Å². The van der Waals surface area contributed by atoms with E-state index < -0.39 is 10.0 Å². The Bertz CT molecular complexity index is 1060. The molecular weight excluding hydrogens is 358 g/mol. The highest BCUT2D eigenvalue weighted by Crippen LogP contribution is 2.25. The molecule has 1 heterocycles. The summed E-state index contributed by atoms with van der Waals surface area (Å²) < 4.78 is 27.8. The van der Waals surface area contributed by atoms with Crippen molar-refractivity contribution in [2.24, 2.45) is 0 Å². The van der Waals surface area contributed by atoms with Gasteiger partial charge in [-0.2, -0.15) is 0 Å². The number of aryl methyl sites for hydroxylation is 1. The smallest absolute Gasteiger partial charge is 0.261 e. The van der Waals surface area contributed by atoms with Crippen molar-refractivity contribution in [3.8, 4) is 11.1 Å². The highest BCUT2D eigenvalue weighted by molar-refractivity contribution is 7.92. The summed E-state index contributed by atoms with van der Waals surface area (Å²) in [5.41, 5.74) is 5.20. The second-order valence-corrected chi connectivity index (χ2v) is 7.99. The van der Waals surface area contributed by atoms with Gasteiger partial charge in [0.05, 0.1) is 4.90 Å². The van der Waals surface area contributed by atoms with E-state index in [0.717, 1.165) is 28.1 Å². The Morgan fingerprint density at radius 1 is 0.963 bits per heavy atom. The molecule has 2 aromatic carbocycles. The first-order chi connectivity index (χ1) is 12.8. The summed E-state index contributed by atoms with van der Waals surface area (Å²) >= 11 is 0. The number of aromatic nitrogens is 1. The minimum absolute atomic E-state index is 0.196. The normalized spacial score (nSPS) is 11.0. The summed E-state index contributed by atoms with van der Waals surface area (Å²) in [5, 5.41) is 3.04. The summed E-state index contributed by atoms with van der Waals surface area (Å²) in [5.74, 6) is 0. The van der Waals surface area contributed by atoms with Crippen molar-refractivity contribution < 1.29 is 8.42 Å². The van der Waals surface area contributed by atoms with Crippen LogP contribution in [0.5, 0.6) is 0 Å². The zero-order valence-corrected chi connectivity index (χ0v) is 16.0. The van der Waals surface area contributed by atoms with Gasteiger partial charge in [-0.15, -0.1) is 0 Å². The molecule has 0 aliphatic carbocycles. The zero-order chi connectivity index (χ0) is 19.4. The molecule has 0 unspecified atom stereocenters. The van der Waals surface area contributed by atoms with Gasteiger partial charge in [-0.25, -0.2) is 8.42 Å². The molecule has 0 bridgehead atoms. The van der Waals surface area contributed by atoms with Gasteiger partial charge in [0, 0.05) is 35.0 Å². The second-order valence-electron chi connectivity index (χ2n) is 6.30. The standard InChI is InChI=1S/C21H21N3O2S/c1-15(2)23-18-8-10-20(11-9-18)27(25,26)24-19-6-4-17(5-7-19)21-14-22-13-12-16(21)3/h4-14,23-24H,1H2,2-3H3. The van der Waals surface area contributed by atoms with E-state index in [1.165, 1.54) is 0 Å². The van der Waals surface area contributed by atoms with Gasteiger partial charge in [0.25, 0.3) is 10.0 Å². The van der Waals surface area contributed by atoms with Crippen LogP contribution in [0.1, 0.15) is 12.5 Å². The number of allylic oxidation sites excluding steroid dienone is 1. The predicted octanol–water partition coefficient (Wildman–Crippen LogP) is 4.80. The van der Waals surface area contributed by atoms with Crippen molar-refractivity contribution in [2.75, 3.05) is 10.0 Å². The monoisotopic (exact) mass is 379 g/mol. The molecule has 3 rings (SSSR count). The van der Waals surface area contributed by atoms with Crippen molar-refractivity contribution in [3.05, 3.63) is 84.8 Å². The summed E-state index contributed by atoms with van der Waals surface area (Å²) in [4.78, 5) is 4.34. The Hall–Kier alpha value is -3.12. The van der Waals surface area contributed by atoms with E-state index in [0.29, 0.717) is 5.69 Å². The van der Waals surface area contributed by atoms with Crippen LogP contribution >= 0.6 is 0 Å². The van der Waals surface area contributed by atoms with E-state index in [4.69, 9.17) is 0 Å². The third kappa shape index (κ3) is 4.54. The minimum Gasteiger partial charge on any atom is -0.360 e. The number of hydrogen-bond donors (Lipinski definition) is 2. The predicted molar refractivity (Wildman–Crippen MR) is 110 cm³/mol. The van der Waals surface area contributed by atoms with Gasteiger partial charge in [0.1, 0.15) is 0 Å². The SMILES string of the molecule is C=C(C)Nc1ccc(S(=O)(=O)Nc2ccc(-c3cnccc3C)cc2)cc1. The van der Waals surface area contributed by atoms with Gasteiger partial charge in [0.15, 0.2) is 0 Å². The lowest BCUT2D eigenvalue weighted by Gasteiger charge is -2.11. The molecule has 0 saturated heterocycles. The van der Waals surface area contributed by atoms with Crippen molar-refractivity contribution in [1.82, 2.24) is 4.98 Å². The highest BCUT2D eigenvalue weighted by Gasteiger charge is 2.14. The third-order valence-corrected chi connectivity index (χ3v) is 5.41. The van der Waals surface area contributed by atoms with Gasteiger partial charge in [-0.1, -0.05) is 18.7 Å². The first-order valence-corrected chi connectivity index (χ1v) is 9.90. The number of rotatable bonds is 6. The van der Waals surface area contributed by atoms with Crippen LogP contribution in [0, 0.1) is 6.92 Å². The van der Waals surface area contributed by atoms with Crippen molar-refractivity contribution in [1.29, 1.82) is 0 Å². The van der Waals surface area contributed by atoms with Gasteiger partial charge < -0.3 is 5.32 Å². The summed E-state index contributed by atoms with van der Waals surface area (Å²) in [7, 11) is -3.66. The van der Waals surface area contributed by atoms with Crippen LogP contribution in [0.3, 0.4) is 0 Å². The maximum atomic E-state index is 12.6. The number of nitrogens with one attached hydrogen (secondary N) is 2. The molecule has 138 valence electrons. The lowest BCUT2D eigenvalue weighted by molar-refractivity contribution is 0.601. The molecule has 0 saturated carbocycles. The Kier molecular flexibility index (Phi) is 5.28. The Morgan fingerprint density at radius 3 is 2.19 bits per heavy atom. The van der Waals surface area contributed by atoms with E-state index >= 15 is 0 Å². The number of sulfonamides is 1. The maximum Gasteiger partial charge on any atom is 0.261 e. The molecule has 0 aliphatic heterocycles. The molecule has 0 aliphatic rings. The average molecular weight is 379 g/mol. The van der Waals surface area contributed by atoms with E-state index in [1.807, 2.05) is 32.0 Å². The summed E-state index contributed by atoms with van der Waals surface area (Å²) in [6.45, 7) is 7.62. The zero-order valence-electron chi connectivity index (χ0n) is 15.2. The molecule has 6 heteroatoms. The van der Waals surface area contributed by atoms with Crippen LogP contribution in [0.2, 0.25) is 0 Å². The fourth-order valence-electron chi connectivity index (χ4n) is 2.66. The van der Waals surface area contributed by atoms with Gasteiger partial charge in [-0.05, 0) is 67.4 Å². The van der Waals surface area contributed by atoms with Crippen molar-refractivity contribution in [2.45, 2.75) is 18.7 Å². The summed E-state index contributed by atoms with van der Waals surface area (Å²) in [6.07, 6.45) is 3.55. The van der Waals surface area contributed by atoms with E-state index in [1.54, 1.807) is 48.8 Å². The number of pyridine rings is 1. The number of nitrogens with zero attached hydrogens (tertiary/aromatic N) is 1. The quantitative estimate of drug-likeness (QED) is 0.645. The molecule has 0 spiro atoms. The maximum absolute atomic E-state index is 12.6. The molecule has 0 fully saturated rings. The second kappa shape index (κ2) is 7.63. The molecule has 0 atom stereocenters. The average Bonchev–Trinajstić information content (AvgIpc) is 2.63. The number of hydrogen-bond acceptors (Lipinski definition) is 4. The topological polar surface area (TPSA) is 71.1 Å². The summed E-state index contributed by atoms with van der Waals surface area (Å²) in [6, 6.07) is 15.7. The van der Waals surface area contributed by atoms with E-state index in [-0.39, 0.29) is 4.90 Å². The van der Waals surface area contributed by atoms with Crippen LogP contribution in [-0.2, 0) is 10.0 Å². The number of benzene rings is 2. The lowest BCUT2D eigenvalue weighted by Crippen LogP contribution is -2.12. The Morgan fingerprint density at radius 2 is 1.59 bits per heavy atom. The van der Waals surface area contributed by atoms with Crippen LogP contribution in [-0.4, -0.2) is 13.4 Å². The van der Waals surface area contributed by atoms with Gasteiger partial charge in [-0.3, -0.25) is 9.71 Å². The molecule has 0 amide bonds. The minimum atomic E-state index is -3.66. The molecule has 0 radical (unpaired) electrons. The fourth-order valence-corrected chi connectivity index (χ4v) is 3.72. The van der Waals surface area contributed by atoms with Crippen LogP contribution < -0.4 is 10.0 Å². The first kappa shape index (κ1) is 18.7. The first-order valence-electron chi connectivity index (χ1n) is 8.41. The van der Waals surface area contributed by atoms with Gasteiger partial charge >= 0.3 is 0 Å². The van der Waals surface area contributed by atoms with E-state index in [2.05, 4.69) is 21.6 Å². The van der Waals surface area contributed by atoms with Crippen LogP contribution in [0.15, 0.2) is 84.2 Å². The molecular formula is C21H21N3O2S. The largest absolute Gasteiger partial charge is 0.360 e. The van der Waals surface area contributed by atoms with Gasteiger partial charge in [0.2, 0.25) is 0 Å². The fraction of sp³-hybridized carbons (Fsp3) is 0.0952. The molecule has 27 heavy (non-hydrogen) atoms. The Labute approximate surface area is 159 Å². The van der Waals surface area contributed by atoms with Crippen LogP contribution in [0.4, 0.5) is 11.4 Å². The third-order valence-electron chi connectivity index (χ3n) is 4.01. The highest BCUT2D eigenvalue weighted by atomic mass is 32.2. The number of anilines is 2. The lowest BCUT2D eigenvalue weighted by atomic mass is 10.0. The van der Waals surface area contributed by atoms with E-state index in [9.17, 15) is 8.42 Å². The molecule has 3 aromatic rings. The van der Waals surface area contributed by atoms with Crippen molar-refractivity contribution in [3.63, 3.8) is 0 Å². The van der Waals surface area contributed by atoms with Crippen LogP contribution in [0.25, 0.3) is 11.1 Å². The molecule has 1 aromatic heterocycles. The Balaban J connectivity index is 1.78. The molecule has 2 N–H and O–H groups in total. The molecule has 5 nitrogen and oxygen atoms in total.